The van der Waals surface area contributed by atoms with Crippen LogP contribution >= 0.6 is 11.8 Å². The van der Waals surface area contributed by atoms with Crippen LogP contribution in [-0.2, 0) is 16.2 Å². The van der Waals surface area contributed by atoms with Crippen LogP contribution in [-0.4, -0.2) is 36.1 Å². The topological polar surface area (TPSA) is 49.9 Å². The molecule has 33 heavy (non-hydrogen) atoms. The van der Waals surface area contributed by atoms with Crippen molar-refractivity contribution in [3.05, 3.63) is 94.8 Å². The summed E-state index contributed by atoms with van der Waals surface area (Å²) in [5.74, 6) is 0.514. The molecule has 1 atom stereocenters. The van der Waals surface area contributed by atoms with E-state index in [1.165, 1.54) is 23.9 Å². The standard InChI is InChI=1S/C26H23FN2O3S/c1-17-6-8-19(9-7-17)24(30)29-12-13-33-26(29)22-15-21(32-2)10-11-23(22)28(25(26)31)16-18-4-3-5-20(27)14-18/h3-11,14-15H,12-13,16H2,1-2H3. The SMILES string of the molecule is COc1ccc2c(c1)C1(SCCN1C(=O)c1ccc(C)cc1)C(=O)N2Cc1cccc(F)c1. The Kier molecular flexibility index (Phi) is 5.37. The molecule has 1 fully saturated rings. The van der Waals surface area contributed by atoms with Crippen LogP contribution in [0.5, 0.6) is 5.75 Å². The first kappa shape index (κ1) is 21.5. The van der Waals surface area contributed by atoms with Crippen molar-refractivity contribution >= 4 is 29.3 Å². The maximum absolute atomic E-state index is 14.1. The molecule has 5 nitrogen and oxygen atoms in total. The largest absolute Gasteiger partial charge is 0.497 e. The summed E-state index contributed by atoms with van der Waals surface area (Å²) in [5, 5.41) is 0. The molecular formula is C26H23FN2O3S. The molecule has 2 aliphatic heterocycles. The van der Waals surface area contributed by atoms with E-state index in [1.807, 2.05) is 31.2 Å². The van der Waals surface area contributed by atoms with Gasteiger partial charge in [0.15, 0.2) is 4.87 Å². The number of benzene rings is 3. The van der Waals surface area contributed by atoms with Crippen molar-refractivity contribution in [2.45, 2.75) is 18.3 Å². The number of hydrogen-bond donors (Lipinski definition) is 0. The summed E-state index contributed by atoms with van der Waals surface area (Å²) in [6.07, 6.45) is 0. The number of anilines is 1. The van der Waals surface area contributed by atoms with Crippen LogP contribution in [0.1, 0.15) is 27.0 Å². The number of carbonyl (C=O) groups excluding carboxylic acids is 2. The van der Waals surface area contributed by atoms with E-state index in [9.17, 15) is 14.0 Å². The highest BCUT2D eigenvalue weighted by Gasteiger charge is 2.59. The van der Waals surface area contributed by atoms with Crippen LogP contribution in [0.3, 0.4) is 0 Å². The van der Waals surface area contributed by atoms with Crippen LogP contribution in [0, 0.1) is 12.7 Å². The summed E-state index contributed by atoms with van der Waals surface area (Å²) in [6.45, 7) is 2.63. The van der Waals surface area contributed by atoms with Crippen molar-refractivity contribution in [1.82, 2.24) is 4.90 Å². The lowest BCUT2D eigenvalue weighted by atomic mass is 10.0. The molecule has 2 amide bonds. The average molecular weight is 463 g/mol. The first-order valence-electron chi connectivity index (χ1n) is 10.7. The van der Waals surface area contributed by atoms with Crippen molar-refractivity contribution in [2.75, 3.05) is 24.3 Å². The molecule has 168 valence electrons. The number of halogens is 1. The molecule has 0 aromatic heterocycles. The Morgan fingerprint density at radius 2 is 1.91 bits per heavy atom. The number of hydrogen-bond acceptors (Lipinski definition) is 4. The number of fused-ring (bicyclic) bond motifs is 2. The second kappa shape index (κ2) is 8.23. The second-order valence-corrected chi connectivity index (χ2v) is 9.51. The van der Waals surface area contributed by atoms with Gasteiger partial charge in [0.1, 0.15) is 11.6 Å². The quantitative estimate of drug-likeness (QED) is 0.563. The Balaban J connectivity index is 1.61. The lowest BCUT2D eigenvalue weighted by Gasteiger charge is -2.33. The number of ether oxygens (including phenoxy) is 1. The monoisotopic (exact) mass is 462 g/mol. The third-order valence-corrected chi connectivity index (χ3v) is 7.59. The van der Waals surface area contributed by atoms with Gasteiger partial charge < -0.3 is 14.5 Å². The van der Waals surface area contributed by atoms with Crippen LogP contribution < -0.4 is 9.64 Å². The Bertz CT molecular complexity index is 1250. The molecule has 3 aromatic rings. The van der Waals surface area contributed by atoms with Crippen LogP contribution in [0.4, 0.5) is 10.1 Å². The fraction of sp³-hybridized carbons (Fsp3) is 0.231. The summed E-state index contributed by atoms with van der Waals surface area (Å²) in [7, 11) is 1.58. The van der Waals surface area contributed by atoms with E-state index < -0.39 is 4.87 Å². The zero-order chi connectivity index (χ0) is 23.2. The summed E-state index contributed by atoms with van der Waals surface area (Å²) in [6, 6.07) is 19.1. The number of aryl methyl sites for hydroxylation is 1. The van der Waals surface area contributed by atoms with Crippen molar-refractivity contribution in [2.24, 2.45) is 0 Å². The van der Waals surface area contributed by atoms with E-state index >= 15 is 0 Å². The van der Waals surface area contributed by atoms with Gasteiger partial charge in [-0.05, 0) is 55.0 Å². The zero-order valence-electron chi connectivity index (χ0n) is 18.4. The van der Waals surface area contributed by atoms with Crippen molar-refractivity contribution in [3.8, 4) is 5.75 Å². The fourth-order valence-corrected chi connectivity index (χ4v) is 6.00. The molecule has 2 heterocycles. The molecular weight excluding hydrogens is 439 g/mol. The van der Waals surface area contributed by atoms with Gasteiger partial charge in [-0.25, -0.2) is 4.39 Å². The Morgan fingerprint density at radius 3 is 2.64 bits per heavy atom. The summed E-state index contributed by atoms with van der Waals surface area (Å²) < 4.78 is 19.3. The Labute approximate surface area is 196 Å². The maximum Gasteiger partial charge on any atom is 0.268 e. The highest BCUT2D eigenvalue weighted by molar-refractivity contribution is 8.01. The van der Waals surface area contributed by atoms with E-state index in [2.05, 4.69) is 0 Å². The molecule has 0 bridgehead atoms. The van der Waals surface area contributed by atoms with Crippen molar-refractivity contribution < 1.29 is 18.7 Å². The average Bonchev–Trinajstić information content (AvgIpc) is 3.36. The minimum atomic E-state index is -1.18. The predicted octanol–water partition coefficient (Wildman–Crippen LogP) is 4.73. The van der Waals surface area contributed by atoms with Gasteiger partial charge in [-0.1, -0.05) is 29.8 Å². The number of amides is 2. The van der Waals surface area contributed by atoms with Gasteiger partial charge in [0.05, 0.1) is 19.3 Å². The molecule has 7 heteroatoms. The third-order valence-electron chi connectivity index (χ3n) is 6.17. The van der Waals surface area contributed by atoms with Gasteiger partial charge >= 0.3 is 0 Å². The molecule has 0 radical (unpaired) electrons. The number of nitrogens with zero attached hydrogens (tertiary/aromatic N) is 2. The third kappa shape index (κ3) is 3.47. The van der Waals surface area contributed by atoms with Crippen molar-refractivity contribution in [1.29, 1.82) is 0 Å². The Hall–Kier alpha value is -3.32. The summed E-state index contributed by atoms with van der Waals surface area (Å²) in [5.41, 5.74) is 3.72. The van der Waals surface area contributed by atoms with Gasteiger partial charge in [0.2, 0.25) is 0 Å². The smallest absolute Gasteiger partial charge is 0.268 e. The predicted molar refractivity (Wildman–Crippen MR) is 127 cm³/mol. The number of rotatable bonds is 4. The van der Waals surface area contributed by atoms with Gasteiger partial charge in [0, 0.05) is 23.4 Å². The molecule has 1 saturated heterocycles. The van der Waals surface area contributed by atoms with Crippen molar-refractivity contribution in [3.63, 3.8) is 0 Å². The molecule has 1 unspecified atom stereocenters. The molecule has 5 rings (SSSR count). The molecule has 2 aliphatic rings. The van der Waals surface area contributed by atoms with Crippen LogP contribution in [0.2, 0.25) is 0 Å². The normalized spacial score (nSPS) is 19.3. The highest BCUT2D eigenvalue weighted by atomic mass is 32.2. The molecule has 0 aliphatic carbocycles. The summed E-state index contributed by atoms with van der Waals surface area (Å²) in [4.78, 5) is 29.8. The number of thioether (sulfide) groups is 1. The molecule has 0 N–H and O–H groups in total. The Morgan fingerprint density at radius 1 is 1.12 bits per heavy atom. The first-order valence-corrected chi connectivity index (χ1v) is 11.7. The zero-order valence-corrected chi connectivity index (χ0v) is 19.2. The minimum Gasteiger partial charge on any atom is -0.497 e. The van der Waals surface area contributed by atoms with Gasteiger partial charge in [0.25, 0.3) is 11.8 Å². The fourth-order valence-electron chi connectivity index (χ4n) is 4.55. The van der Waals surface area contributed by atoms with E-state index in [4.69, 9.17) is 4.74 Å². The van der Waals surface area contributed by atoms with E-state index in [0.717, 1.165) is 11.1 Å². The van der Waals surface area contributed by atoms with Gasteiger partial charge in [-0.3, -0.25) is 9.59 Å². The van der Waals surface area contributed by atoms with E-state index in [0.29, 0.717) is 34.9 Å². The maximum atomic E-state index is 14.1. The first-order chi connectivity index (χ1) is 15.9. The van der Waals surface area contributed by atoms with E-state index in [-0.39, 0.29) is 24.2 Å². The number of carbonyl (C=O) groups is 2. The minimum absolute atomic E-state index is 0.185. The molecule has 3 aromatic carbocycles. The lowest BCUT2D eigenvalue weighted by Crippen LogP contribution is -2.50. The van der Waals surface area contributed by atoms with Gasteiger partial charge in [-0.2, -0.15) is 0 Å². The second-order valence-electron chi connectivity index (χ2n) is 8.22. The number of methoxy groups -OCH3 is 1. The lowest BCUT2D eigenvalue weighted by molar-refractivity contribution is -0.123. The highest BCUT2D eigenvalue weighted by Crippen LogP contribution is 2.55. The van der Waals surface area contributed by atoms with Gasteiger partial charge in [-0.15, -0.1) is 11.8 Å². The van der Waals surface area contributed by atoms with Crippen LogP contribution in [0.15, 0.2) is 66.7 Å². The molecule has 0 saturated carbocycles. The van der Waals surface area contributed by atoms with E-state index in [1.54, 1.807) is 47.2 Å². The molecule has 1 spiro atoms. The summed E-state index contributed by atoms with van der Waals surface area (Å²) >= 11 is 1.46. The van der Waals surface area contributed by atoms with Crippen LogP contribution in [0.25, 0.3) is 0 Å².